The summed E-state index contributed by atoms with van der Waals surface area (Å²) < 4.78 is 5.47. The molecular weight excluding hydrogens is 224 g/mol. The number of benzene rings is 1. The first-order valence-electron chi connectivity index (χ1n) is 6.22. The molecule has 1 rings (SSSR count). The maximum atomic E-state index is 11.8. The lowest BCUT2D eigenvalue weighted by atomic mass is 9.97. The zero-order valence-electron chi connectivity index (χ0n) is 11.7. The summed E-state index contributed by atoms with van der Waals surface area (Å²) in [4.78, 5) is 11.8. The molecule has 0 fully saturated rings. The molecule has 1 aromatic rings. The second-order valence-corrected chi connectivity index (χ2v) is 5.56. The third kappa shape index (κ3) is 4.02. The Morgan fingerprint density at radius 3 is 2.50 bits per heavy atom. The van der Waals surface area contributed by atoms with Gasteiger partial charge in [0, 0.05) is 6.42 Å². The van der Waals surface area contributed by atoms with Gasteiger partial charge in [-0.25, -0.2) is 0 Å². The first kappa shape index (κ1) is 14.5. The van der Waals surface area contributed by atoms with E-state index in [-0.39, 0.29) is 12.1 Å². The number of carbonyl (C=O) groups is 1. The lowest BCUT2D eigenvalue weighted by molar-refractivity contribution is -0.156. The molecule has 0 saturated heterocycles. The van der Waals surface area contributed by atoms with Gasteiger partial charge in [0.05, 0.1) is 5.41 Å². The van der Waals surface area contributed by atoms with Crippen molar-refractivity contribution in [1.29, 1.82) is 0 Å². The van der Waals surface area contributed by atoms with E-state index in [2.05, 4.69) is 25.6 Å². The van der Waals surface area contributed by atoms with E-state index in [1.165, 1.54) is 11.1 Å². The average molecular weight is 246 g/mol. The van der Waals surface area contributed by atoms with Gasteiger partial charge in [-0.15, -0.1) is 0 Å². The predicted octanol–water partition coefficient (Wildman–Crippen LogP) is 3.68. The molecule has 0 N–H and O–H groups in total. The monoisotopic (exact) mass is 246 g/mol. The van der Waals surface area contributed by atoms with Gasteiger partial charge in [-0.1, -0.05) is 36.9 Å². The normalized spacial score (nSPS) is 12.9. The van der Waals surface area contributed by atoms with Crippen molar-refractivity contribution in [2.45, 2.75) is 40.2 Å². The average Bonchev–Trinajstić information content (AvgIpc) is 2.29. The Bertz CT molecular complexity index is 427. The summed E-state index contributed by atoms with van der Waals surface area (Å²) in [5.74, 6) is -0.194. The van der Waals surface area contributed by atoms with Crippen molar-refractivity contribution in [1.82, 2.24) is 0 Å². The highest BCUT2D eigenvalue weighted by Crippen LogP contribution is 2.19. The van der Waals surface area contributed by atoms with Gasteiger partial charge >= 0.3 is 5.97 Å². The molecule has 2 nitrogen and oxygen atoms in total. The maximum Gasteiger partial charge on any atom is 0.311 e. The molecule has 0 aliphatic heterocycles. The van der Waals surface area contributed by atoms with Crippen LogP contribution >= 0.6 is 0 Å². The van der Waals surface area contributed by atoms with Crippen molar-refractivity contribution in [2.75, 3.05) is 0 Å². The van der Waals surface area contributed by atoms with Crippen LogP contribution in [0.25, 0.3) is 0 Å². The first-order valence-corrected chi connectivity index (χ1v) is 6.22. The van der Waals surface area contributed by atoms with Crippen LogP contribution in [0.15, 0.2) is 36.9 Å². The minimum Gasteiger partial charge on any atom is -0.457 e. The standard InChI is InChI=1S/C16H22O2/c1-6-14(18-15(17)16(3,4)5)11-13-10-8-7-9-12(13)2/h6-10,14H,1,11H2,2-5H3/t14-/m0/s1. The Morgan fingerprint density at radius 1 is 1.39 bits per heavy atom. The summed E-state index contributed by atoms with van der Waals surface area (Å²) in [5, 5.41) is 0. The fourth-order valence-corrected chi connectivity index (χ4v) is 1.54. The molecule has 0 unspecified atom stereocenters. The summed E-state index contributed by atoms with van der Waals surface area (Å²) in [6.07, 6.45) is 2.10. The molecule has 0 bridgehead atoms. The van der Waals surface area contributed by atoms with E-state index in [9.17, 15) is 4.79 Å². The van der Waals surface area contributed by atoms with Gasteiger partial charge < -0.3 is 4.74 Å². The third-order valence-corrected chi connectivity index (χ3v) is 2.82. The van der Waals surface area contributed by atoms with Crippen molar-refractivity contribution < 1.29 is 9.53 Å². The zero-order valence-corrected chi connectivity index (χ0v) is 11.7. The molecule has 0 amide bonds. The fourth-order valence-electron chi connectivity index (χ4n) is 1.54. The molecule has 0 aromatic heterocycles. The zero-order chi connectivity index (χ0) is 13.8. The lowest BCUT2D eigenvalue weighted by Crippen LogP contribution is -2.28. The number of esters is 1. The van der Waals surface area contributed by atoms with Gasteiger partial charge in [-0.3, -0.25) is 4.79 Å². The molecule has 0 aliphatic carbocycles. The number of ether oxygens (including phenoxy) is 1. The topological polar surface area (TPSA) is 26.3 Å². The maximum absolute atomic E-state index is 11.8. The van der Waals surface area contributed by atoms with E-state index in [0.717, 1.165) is 0 Å². The van der Waals surface area contributed by atoms with E-state index in [0.29, 0.717) is 6.42 Å². The molecule has 98 valence electrons. The van der Waals surface area contributed by atoms with Crippen molar-refractivity contribution in [2.24, 2.45) is 5.41 Å². The SMILES string of the molecule is C=C[C@@H](Cc1ccccc1C)OC(=O)C(C)(C)C. The summed E-state index contributed by atoms with van der Waals surface area (Å²) in [5.41, 5.74) is 1.91. The van der Waals surface area contributed by atoms with Crippen LogP contribution < -0.4 is 0 Å². The van der Waals surface area contributed by atoms with Crippen LogP contribution in [-0.4, -0.2) is 12.1 Å². The first-order chi connectivity index (χ1) is 8.34. The van der Waals surface area contributed by atoms with Crippen LogP contribution in [0.3, 0.4) is 0 Å². The van der Waals surface area contributed by atoms with Crippen molar-refractivity contribution >= 4 is 5.97 Å². The van der Waals surface area contributed by atoms with Gasteiger partial charge in [0.2, 0.25) is 0 Å². The number of rotatable bonds is 4. The molecule has 0 heterocycles. The van der Waals surface area contributed by atoms with Crippen LogP contribution in [0.1, 0.15) is 31.9 Å². The van der Waals surface area contributed by atoms with Crippen LogP contribution in [0.4, 0.5) is 0 Å². The minimum atomic E-state index is -0.479. The third-order valence-electron chi connectivity index (χ3n) is 2.82. The Balaban J connectivity index is 2.72. The predicted molar refractivity (Wildman–Crippen MR) is 74.4 cm³/mol. The highest BCUT2D eigenvalue weighted by molar-refractivity contribution is 5.75. The molecule has 0 radical (unpaired) electrons. The van der Waals surface area contributed by atoms with Gasteiger partial charge in [-0.2, -0.15) is 0 Å². The van der Waals surface area contributed by atoms with Crippen LogP contribution in [0.5, 0.6) is 0 Å². The second kappa shape index (κ2) is 5.85. The number of hydrogen-bond acceptors (Lipinski definition) is 2. The summed E-state index contributed by atoms with van der Waals surface area (Å²) in [6, 6.07) is 8.11. The Hall–Kier alpha value is -1.57. The van der Waals surface area contributed by atoms with Gasteiger partial charge in [0.1, 0.15) is 6.10 Å². The minimum absolute atomic E-state index is 0.194. The number of aryl methyl sites for hydroxylation is 1. The lowest BCUT2D eigenvalue weighted by Gasteiger charge is -2.21. The molecule has 1 atom stereocenters. The summed E-state index contributed by atoms with van der Waals surface area (Å²) in [6.45, 7) is 11.4. The smallest absolute Gasteiger partial charge is 0.311 e. The van der Waals surface area contributed by atoms with Gasteiger partial charge in [-0.05, 0) is 38.8 Å². The highest BCUT2D eigenvalue weighted by atomic mass is 16.5. The fraction of sp³-hybridized carbons (Fsp3) is 0.438. The number of hydrogen-bond donors (Lipinski definition) is 0. The van der Waals surface area contributed by atoms with Crippen molar-refractivity contribution in [3.63, 3.8) is 0 Å². The highest BCUT2D eigenvalue weighted by Gasteiger charge is 2.25. The molecule has 0 aliphatic rings. The molecule has 0 saturated carbocycles. The Morgan fingerprint density at radius 2 is 2.00 bits per heavy atom. The Labute approximate surface area is 110 Å². The second-order valence-electron chi connectivity index (χ2n) is 5.56. The van der Waals surface area contributed by atoms with Crippen LogP contribution in [0, 0.1) is 12.3 Å². The summed E-state index contributed by atoms with van der Waals surface area (Å²) in [7, 11) is 0. The molecule has 0 spiro atoms. The van der Waals surface area contributed by atoms with E-state index in [1.54, 1.807) is 6.08 Å². The quantitative estimate of drug-likeness (QED) is 0.598. The van der Waals surface area contributed by atoms with Gasteiger partial charge in [0.15, 0.2) is 0 Å². The molecular formula is C16H22O2. The van der Waals surface area contributed by atoms with E-state index in [4.69, 9.17) is 4.74 Å². The molecule has 2 heteroatoms. The largest absolute Gasteiger partial charge is 0.457 e. The molecule has 18 heavy (non-hydrogen) atoms. The summed E-state index contributed by atoms with van der Waals surface area (Å²) >= 11 is 0. The van der Waals surface area contributed by atoms with Gasteiger partial charge in [0.25, 0.3) is 0 Å². The van der Waals surface area contributed by atoms with Crippen LogP contribution in [-0.2, 0) is 16.0 Å². The molecule has 1 aromatic carbocycles. The number of carbonyl (C=O) groups excluding carboxylic acids is 1. The van der Waals surface area contributed by atoms with E-state index >= 15 is 0 Å². The van der Waals surface area contributed by atoms with Crippen LogP contribution in [0.2, 0.25) is 0 Å². The van der Waals surface area contributed by atoms with E-state index < -0.39 is 5.41 Å². The van der Waals surface area contributed by atoms with Crippen molar-refractivity contribution in [3.05, 3.63) is 48.0 Å². The Kier molecular flexibility index (Phi) is 4.71. The van der Waals surface area contributed by atoms with Crippen molar-refractivity contribution in [3.8, 4) is 0 Å². The van der Waals surface area contributed by atoms with E-state index in [1.807, 2.05) is 32.9 Å².